The van der Waals surface area contributed by atoms with Gasteiger partial charge in [0.25, 0.3) is 14.2 Å². The number of hydrogen-bond donors (Lipinski definition) is 1. The maximum absolute atomic E-state index is 14.6. The molecular weight excluding hydrogens is 760 g/mol. The maximum Gasteiger partial charge on any atom is 0.270 e. The van der Waals surface area contributed by atoms with E-state index >= 15 is 0 Å². The number of carbonyl (C=O) groups excluding carboxylic acids is 1. The number of nitrogens with one attached hydrogen (secondary N) is 1. The van der Waals surface area contributed by atoms with Gasteiger partial charge in [-0.05, 0) is 78.0 Å². The Hall–Kier alpha value is -4.97. The molecule has 58 heavy (non-hydrogen) atoms. The number of nitrogens with zero attached hydrogens (tertiary/aromatic N) is 3. The lowest BCUT2D eigenvalue weighted by Gasteiger charge is -2.43. The van der Waals surface area contributed by atoms with Crippen LogP contribution in [-0.4, -0.2) is 44.4 Å². The highest BCUT2D eigenvalue weighted by molar-refractivity contribution is 7.90. The zero-order valence-corrected chi connectivity index (χ0v) is 35.9. The van der Waals surface area contributed by atoms with Crippen molar-refractivity contribution < 1.29 is 18.2 Å². The summed E-state index contributed by atoms with van der Waals surface area (Å²) in [6, 6.07) is 41.0. The number of fused-ring (bicyclic) bond motifs is 1. The summed E-state index contributed by atoms with van der Waals surface area (Å²) < 4.78 is 38.0. The van der Waals surface area contributed by atoms with E-state index in [1.165, 1.54) is 16.4 Å². The number of amides is 1. The molecule has 1 aliphatic heterocycles. The second-order valence-corrected chi connectivity index (χ2v) is 23.3. The van der Waals surface area contributed by atoms with E-state index in [4.69, 9.17) is 9.41 Å². The molecule has 1 aliphatic rings. The molecule has 3 heterocycles. The molecule has 2 unspecified atom stereocenters. The average molecular weight is 811 g/mol. The lowest BCUT2D eigenvalue weighted by atomic mass is 9.94. The second-order valence-electron chi connectivity index (χ2n) is 16.8. The van der Waals surface area contributed by atoms with Gasteiger partial charge in [0.15, 0.2) is 0 Å². The van der Waals surface area contributed by atoms with Crippen molar-refractivity contribution in [1.29, 1.82) is 0 Å². The summed E-state index contributed by atoms with van der Waals surface area (Å²) in [6.45, 7) is 13.5. The summed E-state index contributed by atoms with van der Waals surface area (Å²) in [5.41, 5.74) is 5.77. The number of hydrogen-bond acceptors (Lipinski definition) is 6. The average Bonchev–Trinajstić information content (AvgIpc) is 3.59. The van der Waals surface area contributed by atoms with Crippen LogP contribution in [0.15, 0.2) is 140 Å². The van der Waals surface area contributed by atoms with Crippen molar-refractivity contribution in [2.45, 2.75) is 76.9 Å². The van der Waals surface area contributed by atoms with Gasteiger partial charge in [-0.15, -0.1) is 4.31 Å². The Bertz CT molecular complexity index is 2310. The van der Waals surface area contributed by atoms with Crippen LogP contribution in [0.25, 0.3) is 22.4 Å². The van der Waals surface area contributed by atoms with Crippen LogP contribution in [0.3, 0.4) is 0 Å². The van der Waals surface area contributed by atoms with Gasteiger partial charge in [0.2, 0.25) is 0 Å². The first-order valence-corrected chi connectivity index (χ1v) is 22.8. The van der Waals surface area contributed by atoms with Crippen LogP contribution in [0.1, 0.15) is 81.2 Å². The highest BCUT2D eigenvalue weighted by Gasteiger charge is 2.51. The summed E-state index contributed by atoms with van der Waals surface area (Å²) >= 11 is -1.42. The van der Waals surface area contributed by atoms with E-state index < -0.39 is 30.3 Å². The Morgan fingerprint density at radius 3 is 2.10 bits per heavy atom. The standard InChI is InChI=1S/C48H51FN4O3SSi/c1-47(2,3)57(55)53-33-38-30-42(46(54)51-32-37-17-13-14-25-41(37)49)52-45(35-19-15-18-34(29-35)36-20-16-27-50-31-36)44(38)43(53)26-28-56-58(48(4,5)6,39-21-9-7-10-22-39)40-23-11-8-12-24-40/h7-25,27,29-31,43H,26,28,32-33H2,1-6H3,(H,51,54). The Balaban J connectivity index is 1.33. The molecule has 298 valence electrons. The number of aromatic nitrogens is 2. The third-order valence-electron chi connectivity index (χ3n) is 10.8. The number of halogens is 1. The molecule has 0 spiro atoms. The lowest BCUT2D eigenvalue weighted by Crippen LogP contribution is -2.66. The molecule has 6 aromatic rings. The Labute approximate surface area is 346 Å². The van der Waals surface area contributed by atoms with E-state index in [-0.39, 0.29) is 29.1 Å². The molecule has 0 aliphatic carbocycles. The van der Waals surface area contributed by atoms with Crippen molar-refractivity contribution in [1.82, 2.24) is 19.6 Å². The zero-order chi connectivity index (χ0) is 41.1. The van der Waals surface area contributed by atoms with Crippen LogP contribution in [-0.2, 0) is 28.9 Å². The van der Waals surface area contributed by atoms with E-state index in [2.05, 4.69) is 90.0 Å². The van der Waals surface area contributed by atoms with Crippen molar-refractivity contribution in [3.63, 3.8) is 0 Å². The molecule has 0 saturated heterocycles. The Morgan fingerprint density at radius 1 is 0.845 bits per heavy atom. The monoisotopic (exact) mass is 810 g/mol. The van der Waals surface area contributed by atoms with Crippen molar-refractivity contribution in [2.24, 2.45) is 0 Å². The summed E-state index contributed by atoms with van der Waals surface area (Å²) in [5, 5.41) is 5.05. The molecule has 4 aromatic carbocycles. The molecule has 7 rings (SSSR count). The van der Waals surface area contributed by atoms with Crippen LogP contribution in [0, 0.1) is 5.82 Å². The Morgan fingerprint density at radius 2 is 1.48 bits per heavy atom. The largest absolute Gasteiger partial charge is 0.597 e. The predicted octanol–water partition coefficient (Wildman–Crippen LogP) is 9.17. The lowest BCUT2D eigenvalue weighted by molar-refractivity contribution is 0.0945. The van der Waals surface area contributed by atoms with Gasteiger partial charge in [0.1, 0.15) is 16.3 Å². The number of pyridine rings is 2. The van der Waals surface area contributed by atoms with Crippen LogP contribution in [0.5, 0.6) is 0 Å². The zero-order valence-electron chi connectivity index (χ0n) is 34.0. The fraction of sp³-hybridized carbons (Fsp3) is 0.271. The highest BCUT2D eigenvalue weighted by Crippen LogP contribution is 2.46. The van der Waals surface area contributed by atoms with E-state index in [1.54, 1.807) is 24.4 Å². The van der Waals surface area contributed by atoms with Crippen LogP contribution in [0.4, 0.5) is 4.39 Å². The van der Waals surface area contributed by atoms with Gasteiger partial charge in [-0.3, -0.25) is 9.78 Å². The van der Waals surface area contributed by atoms with Crippen LogP contribution < -0.4 is 15.7 Å². The maximum atomic E-state index is 14.6. The van der Waals surface area contributed by atoms with Gasteiger partial charge < -0.3 is 14.3 Å². The van der Waals surface area contributed by atoms with Gasteiger partial charge >= 0.3 is 0 Å². The van der Waals surface area contributed by atoms with E-state index in [0.29, 0.717) is 30.8 Å². The van der Waals surface area contributed by atoms with Crippen molar-refractivity contribution in [2.75, 3.05) is 6.61 Å². The first kappa shape index (κ1) is 41.2. The highest BCUT2D eigenvalue weighted by atomic mass is 32.2. The minimum atomic E-state index is -2.88. The normalized spacial score (nSPS) is 15.2. The SMILES string of the molecule is CC(C)(C)[S+]([O-])N1Cc2cc(C(=O)NCc3ccccc3F)nc(-c3cccc(-c4cccnc4)c3)c2C1CCO[Si](c1ccccc1)(c1ccccc1)C(C)(C)C. The molecule has 2 atom stereocenters. The molecular formula is C48H51FN4O3SSi. The van der Waals surface area contributed by atoms with E-state index in [9.17, 15) is 13.7 Å². The molecule has 0 saturated carbocycles. The summed E-state index contributed by atoms with van der Waals surface area (Å²) in [4.78, 5) is 23.4. The van der Waals surface area contributed by atoms with Crippen LogP contribution >= 0.6 is 0 Å². The fourth-order valence-corrected chi connectivity index (χ4v) is 14.0. The first-order valence-electron chi connectivity index (χ1n) is 19.8. The topological polar surface area (TPSA) is 90.4 Å². The molecule has 2 aromatic heterocycles. The van der Waals surface area contributed by atoms with Gasteiger partial charge in [0, 0.05) is 59.2 Å². The predicted molar refractivity (Wildman–Crippen MR) is 235 cm³/mol. The second kappa shape index (κ2) is 17.1. The van der Waals surface area contributed by atoms with Crippen molar-refractivity contribution in [3.05, 3.63) is 168 Å². The minimum absolute atomic E-state index is 0.0124. The van der Waals surface area contributed by atoms with E-state index in [1.807, 2.05) is 75.5 Å². The molecule has 1 N–H and O–H groups in total. The summed E-state index contributed by atoms with van der Waals surface area (Å²) in [5.74, 6) is -0.807. The quantitative estimate of drug-likeness (QED) is 0.0980. The van der Waals surface area contributed by atoms with Gasteiger partial charge in [-0.25, -0.2) is 9.37 Å². The van der Waals surface area contributed by atoms with Crippen molar-refractivity contribution >= 4 is 36.0 Å². The third-order valence-corrected chi connectivity index (χ3v) is 17.7. The van der Waals surface area contributed by atoms with Gasteiger partial charge in [-0.1, -0.05) is 124 Å². The van der Waals surface area contributed by atoms with E-state index in [0.717, 1.165) is 27.8 Å². The molecule has 1 amide bonds. The number of rotatable bonds is 12. The van der Waals surface area contributed by atoms with Gasteiger partial charge in [-0.2, -0.15) is 0 Å². The van der Waals surface area contributed by atoms with Crippen LogP contribution in [0.2, 0.25) is 5.04 Å². The summed E-state index contributed by atoms with van der Waals surface area (Å²) in [7, 11) is -2.88. The minimum Gasteiger partial charge on any atom is -0.597 e. The molecule has 0 fully saturated rings. The third kappa shape index (κ3) is 8.44. The Kier molecular flexibility index (Phi) is 12.1. The molecule has 10 heteroatoms. The molecule has 0 bridgehead atoms. The first-order chi connectivity index (χ1) is 27.8. The van der Waals surface area contributed by atoms with Gasteiger partial charge in [0.05, 0.1) is 18.3 Å². The fourth-order valence-electron chi connectivity index (χ4n) is 8.06. The van der Waals surface area contributed by atoms with Crippen molar-refractivity contribution in [3.8, 4) is 22.4 Å². The summed E-state index contributed by atoms with van der Waals surface area (Å²) in [6.07, 6.45) is 4.10. The molecule has 0 radical (unpaired) electrons. The number of carbonyl (C=O) groups is 1. The number of benzene rings is 4. The smallest absolute Gasteiger partial charge is 0.270 e. The molecule has 7 nitrogen and oxygen atoms in total.